The number of aliphatic hydroxyl groups excluding tert-OH is 1. The number of aliphatic hydroxyl groups is 1. The molecule has 0 bridgehead atoms. The van der Waals surface area contributed by atoms with Crippen LogP contribution in [0.15, 0.2) is 42.6 Å². The highest BCUT2D eigenvalue weighted by atomic mass is 16.5. The molecule has 0 spiro atoms. The molecule has 9 heteroatoms. The average Bonchev–Trinajstić information content (AvgIpc) is 2.76. The van der Waals surface area contributed by atoms with Gasteiger partial charge in [-0.1, -0.05) is 12.1 Å². The van der Waals surface area contributed by atoms with Crippen LogP contribution in [0.3, 0.4) is 0 Å². The highest BCUT2D eigenvalue weighted by Gasteiger charge is 2.30. The summed E-state index contributed by atoms with van der Waals surface area (Å²) in [5.41, 5.74) is 0.358. The van der Waals surface area contributed by atoms with E-state index in [-0.39, 0.29) is 24.2 Å². The number of hydrogen-bond donors (Lipinski definition) is 1. The Hall–Kier alpha value is -3.17. The molecule has 2 aromatic rings. The van der Waals surface area contributed by atoms with Crippen molar-refractivity contribution in [1.82, 2.24) is 19.7 Å². The fraction of sp³-hybridized carbons (Fsp3) is 0.409. The van der Waals surface area contributed by atoms with Crippen LogP contribution in [0.25, 0.3) is 0 Å². The summed E-state index contributed by atoms with van der Waals surface area (Å²) in [6, 6.07) is 10.6. The number of fused-ring (bicyclic) bond motifs is 2. The van der Waals surface area contributed by atoms with E-state index in [1.54, 1.807) is 47.3 Å². The maximum atomic E-state index is 13.0. The lowest BCUT2D eigenvalue weighted by atomic mass is 10.1. The normalized spacial score (nSPS) is 18.3. The summed E-state index contributed by atoms with van der Waals surface area (Å²) in [5, 5.41) is 9.46. The van der Waals surface area contributed by atoms with Gasteiger partial charge in [-0.3, -0.25) is 14.5 Å². The van der Waals surface area contributed by atoms with Crippen LogP contribution in [0.4, 0.5) is 0 Å². The molecule has 4 rings (SSSR count). The van der Waals surface area contributed by atoms with Crippen molar-refractivity contribution >= 4 is 11.8 Å². The first kappa shape index (κ1) is 21.1. The highest BCUT2D eigenvalue weighted by Crippen LogP contribution is 2.32. The van der Waals surface area contributed by atoms with Crippen LogP contribution in [0.1, 0.15) is 10.4 Å². The molecule has 164 valence electrons. The number of β-amino-alcohol motifs (C(OH)–C–C–N with tert-alkyl or cyclic N) is 1. The Bertz CT molecular complexity index is 947. The Balaban J connectivity index is 1.56. The van der Waals surface area contributed by atoms with Crippen molar-refractivity contribution < 1.29 is 24.2 Å². The van der Waals surface area contributed by atoms with Crippen LogP contribution >= 0.6 is 0 Å². The van der Waals surface area contributed by atoms with Crippen LogP contribution in [0, 0.1) is 0 Å². The van der Waals surface area contributed by atoms with Crippen LogP contribution in [-0.4, -0.2) is 95.6 Å². The van der Waals surface area contributed by atoms with Gasteiger partial charge in [-0.15, -0.1) is 0 Å². The third kappa shape index (κ3) is 4.95. The smallest absolute Gasteiger partial charge is 0.259 e. The summed E-state index contributed by atoms with van der Waals surface area (Å²) in [4.78, 5) is 35.0. The van der Waals surface area contributed by atoms with E-state index in [2.05, 4.69) is 4.98 Å². The van der Waals surface area contributed by atoms with Gasteiger partial charge in [0.2, 0.25) is 11.8 Å². The first-order chi connectivity index (χ1) is 15.0. The van der Waals surface area contributed by atoms with E-state index in [9.17, 15) is 14.7 Å². The molecular weight excluding hydrogens is 400 g/mol. The Morgan fingerprint density at radius 3 is 2.68 bits per heavy atom. The molecule has 9 nitrogen and oxygen atoms in total. The van der Waals surface area contributed by atoms with Gasteiger partial charge in [0.05, 0.1) is 12.6 Å². The number of rotatable bonds is 2. The molecule has 3 heterocycles. The van der Waals surface area contributed by atoms with Crippen molar-refractivity contribution in [3.8, 4) is 17.4 Å². The lowest BCUT2D eigenvalue weighted by Gasteiger charge is -2.37. The molecule has 1 N–H and O–H groups in total. The monoisotopic (exact) mass is 426 g/mol. The summed E-state index contributed by atoms with van der Waals surface area (Å²) < 4.78 is 11.9. The minimum absolute atomic E-state index is 0.0399. The number of carbonyl (C=O) groups is 2. The maximum absolute atomic E-state index is 13.0. The number of amides is 2. The minimum atomic E-state index is -0.434. The topological polar surface area (TPSA) is 95.4 Å². The van der Waals surface area contributed by atoms with Gasteiger partial charge < -0.3 is 24.4 Å². The fourth-order valence-electron chi connectivity index (χ4n) is 3.50. The van der Waals surface area contributed by atoms with E-state index in [1.165, 1.54) is 0 Å². The quantitative estimate of drug-likeness (QED) is 0.760. The second-order valence-corrected chi connectivity index (χ2v) is 7.71. The molecule has 2 amide bonds. The molecule has 0 aliphatic carbocycles. The van der Waals surface area contributed by atoms with Crippen molar-refractivity contribution in [2.75, 3.05) is 52.9 Å². The van der Waals surface area contributed by atoms with E-state index in [0.717, 1.165) is 0 Å². The number of nitrogens with zero attached hydrogens (tertiary/aromatic N) is 4. The number of ether oxygens (including phenoxy) is 2. The van der Waals surface area contributed by atoms with Crippen LogP contribution in [0.5, 0.6) is 17.4 Å². The second-order valence-electron chi connectivity index (χ2n) is 7.71. The molecule has 0 atom stereocenters. The van der Waals surface area contributed by atoms with Crippen molar-refractivity contribution in [2.45, 2.75) is 6.10 Å². The predicted octanol–water partition coefficient (Wildman–Crippen LogP) is 0.843. The zero-order valence-corrected chi connectivity index (χ0v) is 17.4. The molecule has 1 saturated heterocycles. The summed E-state index contributed by atoms with van der Waals surface area (Å²) in [6.45, 7) is 2.73. The molecule has 1 aromatic carbocycles. The van der Waals surface area contributed by atoms with Crippen LogP contribution in [-0.2, 0) is 4.79 Å². The number of aromatic nitrogens is 1. The molecule has 0 unspecified atom stereocenters. The molecule has 2 aliphatic rings. The summed E-state index contributed by atoms with van der Waals surface area (Å²) in [7, 11) is 1.72. The summed E-state index contributed by atoms with van der Waals surface area (Å²) >= 11 is 0. The Morgan fingerprint density at radius 2 is 1.90 bits per heavy atom. The SMILES string of the molecule is CN1CCN(CC(=O)N2CC(O)C2)CCOc2ccccc2Oc2ncccc2C1=O. The first-order valence-electron chi connectivity index (χ1n) is 10.3. The van der Waals surface area contributed by atoms with Gasteiger partial charge in [0.25, 0.3) is 5.91 Å². The Morgan fingerprint density at radius 1 is 1.13 bits per heavy atom. The van der Waals surface area contributed by atoms with Gasteiger partial charge in [0.1, 0.15) is 12.2 Å². The molecular formula is C22H26N4O5. The first-order valence-corrected chi connectivity index (χ1v) is 10.3. The lowest BCUT2D eigenvalue weighted by Crippen LogP contribution is -2.56. The number of hydrogen-bond acceptors (Lipinski definition) is 7. The fourth-order valence-corrected chi connectivity index (χ4v) is 3.50. The molecule has 1 aromatic heterocycles. The number of likely N-dealkylation sites (tertiary alicyclic amines) is 1. The largest absolute Gasteiger partial charge is 0.488 e. The minimum Gasteiger partial charge on any atom is -0.488 e. The zero-order valence-electron chi connectivity index (χ0n) is 17.4. The number of para-hydroxylation sites is 2. The number of pyridine rings is 1. The van der Waals surface area contributed by atoms with E-state index < -0.39 is 6.10 Å². The van der Waals surface area contributed by atoms with Crippen molar-refractivity contribution in [1.29, 1.82) is 0 Å². The van der Waals surface area contributed by atoms with E-state index in [4.69, 9.17) is 9.47 Å². The standard InChI is InChI=1S/C22H26N4O5/c1-24-9-10-25(15-20(28)26-13-16(27)14-26)11-12-30-18-6-2-3-7-19(18)31-21-17(22(24)29)5-4-8-23-21/h2-8,16,27H,9-15H2,1H3. The third-order valence-corrected chi connectivity index (χ3v) is 5.39. The van der Waals surface area contributed by atoms with Crippen LogP contribution < -0.4 is 9.47 Å². The summed E-state index contributed by atoms with van der Waals surface area (Å²) in [6.07, 6.45) is 1.14. The van der Waals surface area contributed by atoms with Crippen molar-refractivity contribution in [3.63, 3.8) is 0 Å². The predicted molar refractivity (Wildman–Crippen MR) is 112 cm³/mol. The Labute approximate surface area is 180 Å². The van der Waals surface area contributed by atoms with E-state index in [1.807, 2.05) is 17.0 Å². The Kier molecular flexibility index (Phi) is 6.34. The maximum Gasteiger partial charge on any atom is 0.259 e. The van der Waals surface area contributed by atoms with Gasteiger partial charge >= 0.3 is 0 Å². The number of likely N-dealkylation sites (N-methyl/N-ethyl adjacent to an activating group) is 1. The zero-order chi connectivity index (χ0) is 21.8. The van der Waals surface area contributed by atoms with Gasteiger partial charge in [0, 0.05) is 46.0 Å². The third-order valence-electron chi connectivity index (χ3n) is 5.39. The van der Waals surface area contributed by atoms with E-state index >= 15 is 0 Å². The van der Waals surface area contributed by atoms with Gasteiger partial charge in [-0.25, -0.2) is 4.98 Å². The van der Waals surface area contributed by atoms with Crippen molar-refractivity contribution in [3.05, 3.63) is 48.2 Å². The van der Waals surface area contributed by atoms with Crippen molar-refractivity contribution in [2.24, 2.45) is 0 Å². The second kappa shape index (κ2) is 9.32. The van der Waals surface area contributed by atoms with Gasteiger partial charge in [0.15, 0.2) is 11.5 Å². The molecule has 0 radical (unpaired) electrons. The highest BCUT2D eigenvalue weighted by molar-refractivity contribution is 5.96. The number of carbonyl (C=O) groups excluding carboxylic acids is 2. The lowest BCUT2D eigenvalue weighted by molar-refractivity contribution is -0.142. The molecule has 2 aliphatic heterocycles. The summed E-state index contributed by atoms with van der Waals surface area (Å²) in [5.74, 6) is 0.975. The van der Waals surface area contributed by atoms with E-state index in [0.29, 0.717) is 56.4 Å². The molecule has 1 fully saturated rings. The molecule has 31 heavy (non-hydrogen) atoms. The number of benzene rings is 1. The average molecular weight is 426 g/mol. The van der Waals surface area contributed by atoms with Gasteiger partial charge in [-0.05, 0) is 24.3 Å². The van der Waals surface area contributed by atoms with Gasteiger partial charge in [-0.2, -0.15) is 0 Å². The van der Waals surface area contributed by atoms with Crippen LogP contribution in [0.2, 0.25) is 0 Å². The molecule has 0 saturated carbocycles.